The minimum Gasteiger partial charge on any atom is -0.307 e. The maximum Gasteiger partial charge on any atom is 0.416 e. The molecule has 1 N–H and O–H groups in total. The smallest absolute Gasteiger partial charge is 0.307 e. The lowest BCUT2D eigenvalue weighted by Crippen LogP contribution is -2.17. The Balaban J connectivity index is 2.33. The molecule has 2 nitrogen and oxygen atoms in total. The summed E-state index contributed by atoms with van der Waals surface area (Å²) in [6, 6.07) is 4.76. The molecule has 1 aliphatic rings. The van der Waals surface area contributed by atoms with Gasteiger partial charge < -0.3 is 5.32 Å². The molecular formula is C11H6F3NOS2. The summed E-state index contributed by atoms with van der Waals surface area (Å²) in [4.78, 5) is 11.7. The van der Waals surface area contributed by atoms with Crippen LogP contribution in [-0.2, 0) is 11.0 Å². The van der Waals surface area contributed by atoms with E-state index in [4.69, 9.17) is 12.2 Å². The quantitative estimate of drug-likeness (QED) is 0.636. The number of halogens is 3. The molecule has 0 atom stereocenters. The second-order valence-electron chi connectivity index (χ2n) is 3.48. The molecule has 0 aromatic heterocycles. The highest BCUT2D eigenvalue weighted by Gasteiger charge is 2.30. The number of benzene rings is 1. The molecule has 1 amide bonds. The molecule has 1 aromatic carbocycles. The molecule has 1 fully saturated rings. The molecule has 0 spiro atoms. The van der Waals surface area contributed by atoms with Gasteiger partial charge in [-0.1, -0.05) is 36.1 Å². The summed E-state index contributed by atoms with van der Waals surface area (Å²) >= 11 is 5.82. The van der Waals surface area contributed by atoms with Crippen LogP contribution in [0.5, 0.6) is 0 Å². The fraction of sp³-hybridized carbons (Fsp3) is 0.0909. The zero-order valence-electron chi connectivity index (χ0n) is 8.75. The zero-order valence-corrected chi connectivity index (χ0v) is 10.4. The Kier molecular flexibility index (Phi) is 3.45. The molecule has 1 aliphatic heterocycles. The van der Waals surface area contributed by atoms with Crippen molar-refractivity contribution in [3.63, 3.8) is 0 Å². The first-order valence-electron chi connectivity index (χ1n) is 4.78. The molecule has 18 heavy (non-hydrogen) atoms. The van der Waals surface area contributed by atoms with Gasteiger partial charge in [-0.05, 0) is 23.8 Å². The predicted molar refractivity (Wildman–Crippen MR) is 67.8 cm³/mol. The fourth-order valence-corrected chi connectivity index (χ4v) is 2.42. The van der Waals surface area contributed by atoms with Gasteiger partial charge in [0.15, 0.2) is 0 Å². The van der Waals surface area contributed by atoms with Crippen molar-refractivity contribution in [3.8, 4) is 0 Å². The number of hydrogen-bond donors (Lipinski definition) is 1. The van der Waals surface area contributed by atoms with Crippen LogP contribution in [-0.4, -0.2) is 10.2 Å². The average Bonchev–Trinajstić information content (AvgIpc) is 2.56. The third kappa shape index (κ3) is 2.91. The first kappa shape index (κ1) is 13.1. The van der Waals surface area contributed by atoms with Gasteiger partial charge in [0.1, 0.15) is 4.32 Å². The van der Waals surface area contributed by atoms with Crippen LogP contribution < -0.4 is 5.32 Å². The molecule has 0 aliphatic carbocycles. The predicted octanol–water partition coefficient (Wildman–Crippen LogP) is 3.19. The Morgan fingerprint density at radius 3 is 2.61 bits per heavy atom. The van der Waals surface area contributed by atoms with Crippen LogP contribution in [0.3, 0.4) is 0 Å². The maximum atomic E-state index is 12.5. The summed E-state index contributed by atoms with van der Waals surface area (Å²) < 4.78 is 37.8. The number of thioether (sulfide) groups is 1. The van der Waals surface area contributed by atoms with Crippen molar-refractivity contribution >= 4 is 40.3 Å². The van der Waals surface area contributed by atoms with E-state index in [2.05, 4.69) is 5.32 Å². The number of amides is 1. The van der Waals surface area contributed by atoms with Crippen molar-refractivity contribution < 1.29 is 18.0 Å². The van der Waals surface area contributed by atoms with Gasteiger partial charge in [0.05, 0.1) is 10.5 Å². The largest absolute Gasteiger partial charge is 0.416 e. The SMILES string of the molecule is O=C1NC(=S)SC1=Cc1cccc(C(F)(F)F)c1. The molecule has 1 aromatic rings. The van der Waals surface area contributed by atoms with Crippen LogP contribution >= 0.6 is 24.0 Å². The molecule has 1 saturated heterocycles. The summed E-state index contributed by atoms with van der Waals surface area (Å²) in [5, 5.41) is 2.40. The lowest BCUT2D eigenvalue weighted by Gasteiger charge is -2.06. The van der Waals surface area contributed by atoms with Crippen LogP contribution in [0.25, 0.3) is 6.08 Å². The highest BCUT2D eigenvalue weighted by molar-refractivity contribution is 8.26. The molecule has 0 saturated carbocycles. The molecule has 7 heteroatoms. The third-order valence-corrected chi connectivity index (χ3v) is 3.32. The number of rotatable bonds is 1. The van der Waals surface area contributed by atoms with Gasteiger partial charge in [-0.3, -0.25) is 4.79 Å². The maximum absolute atomic E-state index is 12.5. The summed E-state index contributed by atoms with van der Waals surface area (Å²) in [5.74, 6) is -0.387. The molecular weight excluding hydrogens is 283 g/mol. The second-order valence-corrected chi connectivity index (χ2v) is 5.19. The van der Waals surface area contributed by atoms with Crippen molar-refractivity contribution in [2.45, 2.75) is 6.18 Å². The topological polar surface area (TPSA) is 29.1 Å². The van der Waals surface area contributed by atoms with E-state index in [1.165, 1.54) is 18.2 Å². The number of alkyl halides is 3. The van der Waals surface area contributed by atoms with E-state index in [9.17, 15) is 18.0 Å². The molecule has 2 rings (SSSR count). The Labute approximate surface area is 110 Å². The van der Waals surface area contributed by atoms with E-state index < -0.39 is 11.7 Å². The normalized spacial score (nSPS) is 18.3. The van der Waals surface area contributed by atoms with Gasteiger partial charge in [-0.2, -0.15) is 13.2 Å². The minimum absolute atomic E-state index is 0.291. The van der Waals surface area contributed by atoms with E-state index in [0.717, 1.165) is 23.9 Å². The van der Waals surface area contributed by atoms with E-state index in [0.29, 0.717) is 14.8 Å². The van der Waals surface area contributed by atoms with Crippen molar-refractivity contribution in [1.82, 2.24) is 5.32 Å². The van der Waals surface area contributed by atoms with E-state index in [1.54, 1.807) is 0 Å². The van der Waals surface area contributed by atoms with Crippen molar-refractivity contribution in [2.24, 2.45) is 0 Å². The molecule has 1 heterocycles. The average molecular weight is 289 g/mol. The molecule has 0 radical (unpaired) electrons. The summed E-state index contributed by atoms with van der Waals surface area (Å²) in [6.45, 7) is 0. The highest BCUT2D eigenvalue weighted by atomic mass is 32.2. The van der Waals surface area contributed by atoms with Crippen LogP contribution in [0.2, 0.25) is 0 Å². The van der Waals surface area contributed by atoms with E-state index in [-0.39, 0.29) is 5.91 Å². The summed E-state index contributed by atoms with van der Waals surface area (Å²) in [6.07, 6.45) is -3.01. The van der Waals surface area contributed by atoms with E-state index in [1.807, 2.05) is 0 Å². The number of nitrogens with one attached hydrogen (secondary N) is 1. The van der Waals surface area contributed by atoms with Crippen molar-refractivity contribution in [3.05, 3.63) is 40.3 Å². The number of hydrogen-bond acceptors (Lipinski definition) is 3. The zero-order chi connectivity index (χ0) is 13.3. The second kappa shape index (κ2) is 4.74. The monoisotopic (exact) mass is 289 g/mol. The van der Waals surface area contributed by atoms with Crippen molar-refractivity contribution in [2.75, 3.05) is 0 Å². The minimum atomic E-state index is -4.39. The van der Waals surface area contributed by atoms with Gasteiger partial charge in [0.25, 0.3) is 5.91 Å². The number of carbonyl (C=O) groups is 1. The first-order chi connectivity index (χ1) is 8.36. The van der Waals surface area contributed by atoms with Gasteiger partial charge in [-0.25, -0.2) is 0 Å². The summed E-state index contributed by atoms with van der Waals surface area (Å²) in [7, 11) is 0. The standard InChI is InChI=1S/C11H6F3NOS2/c12-11(13,14)7-3-1-2-6(4-7)5-8-9(16)15-10(17)18-8/h1-5H,(H,15,16,17). The van der Waals surface area contributed by atoms with Gasteiger partial charge in [0.2, 0.25) is 0 Å². The third-order valence-electron chi connectivity index (χ3n) is 2.15. The lowest BCUT2D eigenvalue weighted by molar-refractivity contribution is -0.137. The Bertz CT molecular complexity index is 551. The van der Waals surface area contributed by atoms with Crippen molar-refractivity contribution in [1.29, 1.82) is 0 Å². The molecule has 0 unspecified atom stereocenters. The van der Waals surface area contributed by atoms with Crippen LogP contribution in [0, 0.1) is 0 Å². The Morgan fingerprint density at radius 1 is 1.33 bits per heavy atom. The molecule has 0 bridgehead atoms. The Morgan fingerprint density at radius 2 is 2.06 bits per heavy atom. The fourth-order valence-electron chi connectivity index (χ4n) is 1.38. The summed E-state index contributed by atoms with van der Waals surface area (Å²) in [5.41, 5.74) is -0.435. The van der Waals surface area contributed by atoms with Crippen LogP contribution in [0.15, 0.2) is 29.2 Å². The van der Waals surface area contributed by atoms with Gasteiger partial charge in [-0.15, -0.1) is 0 Å². The van der Waals surface area contributed by atoms with Crippen LogP contribution in [0.4, 0.5) is 13.2 Å². The van der Waals surface area contributed by atoms with E-state index >= 15 is 0 Å². The first-order valence-corrected chi connectivity index (χ1v) is 6.01. The number of thiocarbonyl (C=S) groups is 1. The van der Waals surface area contributed by atoms with Gasteiger partial charge >= 0.3 is 6.18 Å². The molecule has 94 valence electrons. The highest BCUT2D eigenvalue weighted by Crippen LogP contribution is 2.31. The van der Waals surface area contributed by atoms with Crippen LogP contribution in [0.1, 0.15) is 11.1 Å². The lowest BCUT2D eigenvalue weighted by atomic mass is 10.1. The van der Waals surface area contributed by atoms with Gasteiger partial charge in [0, 0.05) is 0 Å². The Hall–Kier alpha value is -1.34. The number of carbonyl (C=O) groups excluding carboxylic acids is 1.